The van der Waals surface area contributed by atoms with Gasteiger partial charge in [-0.15, -0.1) is 0 Å². The minimum atomic E-state index is 0.619. The van der Waals surface area contributed by atoms with Crippen LogP contribution in [0.15, 0.2) is 77.3 Å². The molecule has 206 valence electrons. The topological polar surface area (TPSA) is 21.7 Å². The van der Waals surface area contributed by atoms with E-state index in [4.69, 9.17) is 9.47 Å². The highest BCUT2D eigenvalue weighted by molar-refractivity contribution is 9.10. The first kappa shape index (κ1) is 30.1. The van der Waals surface area contributed by atoms with E-state index in [1.54, 1.807) is 0 Å². The van der Waals surface area contributed by atoms with Gasteiger partial charge in [0.1, 0.15) is 11.5 Å². The Hall–Kier alpha value is -2.46. The van der Waals surface area contributed by atoms with E-state index in [2.05, 4.69) is 121 Å². The van der Waals surface area contributed by atoms with Crippen LogP contribution in [-0.4, -0.2) is 13.2 Å². The number of halogens is 1. The van der Waals surface area contributed by atoms with Crippen LogP contribution < -0.4 is 14.4 Å². The Morgan fingerprint density at radius 1 is 0.579 bits per heavy atom. The normalized spacial score (nSPS) is 12.7. The Morgan fingerprint density at radius 2 is 0.947 bits per heavy atom. The van der Waals surface area contributed by atoms with Crippen LogP contribution in [0, 0.1) is 11.8 Å². The van der Waals surface area contributed by atoms with Crippen LogP contribution in [0.1, 0.15) is 79.1 Å². The first-order valence-electron chi connectivity index (χ1n) is 14.6. The average Bonchev–Trinajstić information content (AvgIpc) is 2.96. The van der Waals surface area contributed by atoms with Gasteiger partial charge in [-0.25, -0.2) is 0 Å². The fourth-order valence-electron chi connectivity index (χ4n) is 4.64. The summed E-state index contributed by atoms with van der Waals surface area (Å²) in [6.07, 6.45) is 9.81. The highest BCUT2D eigenvalue weighted by Gasteiger charge is 2.14. The summed E-state index contributed by atoms with van der Waals surface area (Å²) in [5.74, 6) is 3.09. The van der Waals surface area contributed by atoms with Crippen molar-refractivity contribution in [2.45, 2.75) is 79.1 Å². The molecule has 38 heavy (non-hydrogen) atoms. The lowest BCUT2D eigenvalue weighted by Gasteiger charge is -2.26. The Kier molecular flexibility index (Phi) is 13.1. The second kappa shape index (κ2) is 16.5. The highest BCUT2D eigenvalue weighted by Crippen LogP contribution is 2.36. The second-order valence-electron chi connectivity index (χ2n) is 10.3. The summed E-state index contributed by atoms with van der Waals surface area (Å²) in [7, 11) is 0. The van der Waals surface area contributed by atoms with Gasteiger partial charge < -0.3 is 14.4 Å². The molecule has 3 nitrogen and oxygen atoms in total. The Labute approximate surface area is 239 Å². The van der Waals surface area contributed by atoms with E-state index in [0.717, 1.165) is 59.1 Å². The summed E-state index contributed by atoms with van der Waals surface area (Å²) in [6.45, 7) is 10.6. The summed E-state index contributed by atoms with van der Waals surface area (Å²) in [5.41, 5.74) is 3.29. The third kappa shape index (κ3) is 9.38. The fourth-order valence-corrected chi connectivity index (χ4v) is 4.91. The number of benzene rings is 3. The number of hydrogen-bond acceptors (Lipinski definition) is 3. The highest BCUT2D eigenvalue weighted by atomic mass is 79.9. The quantitative estimate of drug-likeness (QED) is 0.159. The molecule has 0 radical (unpaired) electrons. The number of nitrogens with zero attached hydrogens (tertiary/aromatic N) is 1. The summed E-state index contributed by atoms with van der Waals surface area (Å²) in [5, 5.41) is 0. The smallest absolute Gasteiger partial charge is 0.119 e. The van der Waals surface area contributed by atoms with Crippen molar-refractivity contribution in [3.63, 3.8) is 0 Å². The molecule has 2 unspecified atom stereocenters. The Balaban J connectivity index is 1.75. The molecule has 0 aliphatic heterocycles. The molecule has 0 fully saturated rings. The van der Waals surface area contributed by atoms with Crippen molar-refractivity contribution in [1.82, 2.24) is 0 Å². The lowest BCUT2D eigenvalue weighted by molar-refractivity contribution is 0.233. The summed E-state index contributed by atoms with van der Waals surface area (Å²) >= 11 is 3.58. The zero-order chi connectivity index (χ0) is 27.2. The standard InChI is InChI=1S/C34H46BrNO2/c1-5-9-11-27(7-3)25-37-33-21-17-31(18-22-33)36(30-15-13-29(35)14-16-30)32-19-23-34(24-20-32)38-26-28(8-4)12-10-6-2/h13-24,27-28H,5-12,25-26H2,1-4H3. The van der Waals surface area contributed by atoms with Gasteiger partial charge >= 0.3 is 0 Å². The third-order valence-electron chi connectivity index (χ3n) is 7.33. The largest absolute Gasteiger partial charge is 0.493 e. The lowest BCUT2D eigenvalue weighted by atomic mass is 10.0. The van der Waals surface area contributed by atoms with E-state index in [1.807, 2.05) is 0 Å². The van der Waals surface area contributed by atoms with Gasteiger partial charge in [0.15, 0.2) is 0 Å². The van der Waals surface area contributed by atoms with Gasteiger partial charge in [-0.05, 0) is 97.5 Å². The number of unbranched alkanes of at least 4 members (excludes halogenated alkanes) is 2. The van der Waals surface area contributed by atoms with Gasteiger partial charge in [0.25, 0.3) is 0 Å². The first-order chi connectivity index (χ1) is 18.6. The molecule has 0 saturated heterocycles. The molecule has 3 aromatic carbocycles. The van der Waals surface area contributed by atoms with Crippen molar-refractivity contribution < 1.29 is 9.47 Å². The minimum absolute atomic E-state index is 0.619. The number of rotatable bonds is 17. The molecule has 4 heteroatoms. The zero-order valence-electron chi connectivity index (χ0n) is 23.8. The van der Waals surface area contributed by atoms with Crippen LogP contribution in [0.4, 0.5) is 17.1 Å². The SMILES string of the molecule is CCCCC(CC)COc1ccc(N(c2ccc(Br)cc2)c2ccc(OCC(CC)CCCC)cc2)cc1. The number of ether oxygens (including phenoxy) is 2. The molecule has 3 rings (SSSR count). The van der Waals surface area contributed by atoms with Gasteiger partial charge in [0.05, 0.1) is 13.2 Å². The molecule has 2 atom stereocenters. The van der Waals surface area contributed by atoms with Gasteiger partial charge in [0, 0.05) is 21.5 Å². The van der Waals surface area contributed by atoms with Crippen molar-refractivity contribution in [2.24, 2.45) is 11.8 Å². The number of hydrogen-bond donors (Lipinski definition) is 0. The van der Waals surface area contributed by atoms with E-state index < -0.39 is 0 Å². The van der Waals surface area contributed by atoms with E-state index in [9.17, 15) is 0 Å². The lowest BCUT2D eigenvalue weighted by Crippen LogP contribution is -2.12. The molecule has 3 aromatic rings. The predicted octanol–water partition coefficient (Wildman–Crippen LogP) is 11.1. The molecule has 0 aromatic heterocycles. The molecular formula is C34H46BrNO2. The molecule has 0 aliphatic carbocycles. The number of anilines is 3. The van der Waals surface area contributed by atoms with Crippen molar-refractivity contribution in [2.75, 3.05) is 18.1 Å². The maximum absolute atomic E-state index is 6.17. The van der Waals surface area contributed by atoms with Crippen LogP contribution in [0.3, 0.4) is 0 Å². The van der Waals surface area contributed by atoms with Crippen LogP contribution >= 0.6 is 15.9 Å². The molecule has 0 N–H and O–H groups in total. The minimum Gasteiger partial charge on any atom is -0.493 e. The zero-order valence-corrected chi connectivity index (χ0v) is 25.4. The fraction of sp³-hybridized carbons (Fsp3) is 0.471. The Bertz CT molecular complexity index is 970. The second-order valence-corrected chi connectivity index (χ2v) is 11.2. The first-order valence-corrected chi connectivity index (χ1v) is 15.4. The van der Waals surface area contributed by atoms with Gasteiger partial charge in [-0.3, -0.25) is 0 Å². The van der Waals surface area contributed by atoms with E-state index >= 15 is 0 Å². The Morgan fingerprint density at radius 3 is 1.29 bits per heavy atom. The summed E-state index contributed by atoms with van der Waals surface area (Å²) < 4.78 is 13.4. The maximum Gasteiger partial charge on any atom is 0.119 e. The average molecular weight is 581 g/mol. The summed E-state index contributed by atoms with van der Waals surface area (Å²) in [6, 6.07) is 25.4. The van der Waals surface area contributed by atoms with Crippen molar-refractivity contribution in [1.29, 1.82) is 0 Å². The third-order valence-corrected chi connectivity index (χ3v) is 7.86. The van der Waals surface area contributed by atoms with Gasteiger partial charge in [-0.2, -0.15) is 0 Å². The van der Waals surface area contributed by atoms with Crippen LogP contribution in [0.25, 0.3) is 0 Å². The molecule has 0 amide bonds. The summed E-state index contributed by atoms with van der Waals surface area (Å²) in [4.78, 5) is 2.27. The van der Waals surface area contributed by atoms with E-state index in [0.29, 0.717) is 11.8 Å². The molecule has 0 saturated carbocycles. The molecule has 0 aliphatic rings. The van der Waals surface area contributed by atoms with Gasteiger partial charge in [0.2, 0.25) is 0 Å². The van der Waals surface area contributed by atoms with Crippen LogP contribution in [-0.2, 0) is 0 Å². The van der Waals surface area contributed by atoms with Crippen molar-refractivity contribution in [3.05, 3.63) is 77.3 Å². The van der Waals surface area contributed by atoms with Crippen LogP contribution in [0.2, 0.25) is 0 Å². The maximum atomic E-state index is 6.17. The molecular weight excluding hydrogens is 534 g/mol. The van der Waals surface area contributed by atoms with Crippen molar-refractivity contribution >= 4 is 33.0 Å². The molecule has 0 spiro atoms. The molecule has 0 heterocycles. The van der Waals surface area contributed by atoms with Crippen molar-refractivity contribution in [3.8, 4) is 11.5 Å². The van der Waals surface area contributed by atoms with Crippen LogP contribution in [0.5, 0.6) is 11.5 Å². The van der Waals surface area contributed by atoms with Gasteiger partial charge in [-0.1, -0.05) is 82.1 Å². The van der Waals surface area contributed by atoms with E-state index in [-0.39, 0.29) is 0 Å². The monoisotopic (exact) mass is 579 g/mol. The molecule has 0 bridgehead atoms. The predicted molar refractivity (Wildman–Crippen MR) is 166 cm³/mol. The van der Waals surface area contributed by atoms with E-state index in [1.165, 1.54) is 38.5 Å².